The van der Waals surface area contributed by atoms with Crippen molar-refractivity contribution in [3.05, 3.63) is 64.0 Å². The summed E-state index contributed by atoms with van der Waals surface area (Å²) in [6.45, 7) is 3.35. The highest BCUT2D eigenvalue weighted by Crippen LogP contribution is 2.29. The number of rotatable bonds is 7. The van der Waals surface area contributed by atoms with Gasteiger partial charge < -0.3 is 15.0 Å². The second-order valence-electron chi connectivity index (χ2n) is 7.36. The number of nitrogens with one attached hydrogen (secondary N) is 1. The Morgan fingerprint density at radius 3 is 2.62 bits per heavy atom. The molecule has 0 saturated carbocycles. The summed E-state index contributed by atoms with van der Waals surface area (Å²) in [5, 5.41) is 16.5. The maximum atomic E-state index is 12.3. The number of hydrogen-bond donors (Lipinski definition) is 1. The molecule has 1 aliphatic heterocycles. The van der Waals surface area contributed by atoms with Crippen LogP contribution in [0, 0.1) is 10.1 Å². The third-order valence-corrected chi connectivity index (χ3v) is 6.13. The van der Waals surface area contributed by atoms with Crippen LogP contribution in [-0.4, -0.2) is 60.5 Å². The minimum Gasteiger partial charge on any atom is -0.497 e. The van der Waals surface area contributed by atoms with Crippen LogP contribution in [0.5, 0.6) is 5.75 Å². The van der Waals surface area contributed by atoms with Gasteiger partial charge in [0.25, 0.3) is 5.69 Å². The van der Waals surface area contributed by atoms with E-state index < -0.39 is 4.92 Å². The molecule has 1 N–H and O–H groups in total. The molecule has 1 saturated heterocycles. The zero-order chi connectivity index (χ0) is 22.5. The molecule has 166 valence electrons. The first-order chi connectivity index (χ1) is 15.5. The Balaban J connectivity index is 1.28. The normalized spacial score (nSPS) is 14.2. The van der Waals surface area contributed by atoms with Gasteiger partial charge >= 0.3 is 0 Å². The molecule has 10 heteroatoms. The van der Waals surface area contributed by atoms with Crippen molar-refractivity contribution in [1.82, 2.24) is 9.88 Å². The van der Waals surface area contributed by atoms with Crippen molar-refractivity contribution in [2.24, 2.45) is 0 Å². The molecule has 1 aliphatic rings. The number of amides is 1. The number of nitro benzene ring substituents is 1. The molecule has 1 amide bonds. The Kier molecular flexibility index (Phi) is 6.62. The molecule has 1 aromatic heterocycles. The minimum atomic E-state index is -0.465. The van der Waals surface area contributed by atoms with Crippen molar-refractivity contribution in [3.8, 4) is 17.0 Å². The molecule has 0 atom stereocenters. The number of methoxy groups -OCH3 is 1. The first-order valence-corrected chi connectivity index (χ1v) is 11.0. The van der Waals surface area contributed by atoms with Gasteiger partial charge in [-0.1, -0.05) is 12.1 Å². The summed E-state index contributed by atoms with van der Waals surface area (Å²) in [6.07, 6.45) is 0. The predicted octanol–water partition coefficient (Wildman–Crippen LogP) is 3.49. The lowest BCUT2D eigenvalue weighted by Gasteiger charge is -2.34. The van der Waals surface area contributed by atoms with E-state index >= 15 is 0 Å². The number of carbonyl (C=O) groups is 1. The summed E-state index contributed by atoms with van der Waals surface area (Å²) in [5.74, 6) is 0.666. The summed E-state index contributed by atoms with van der Waals surface area (Å²) < 4.78 is 5.30. The zero-order valence-corrected chi connectivity index (χ0v) is 18.4. The molecule has 0 bridgehead atoms. The molecule has 4 rings (SSSR count). The van der Waals surface area contributed by atoms with Gasteiger partial charge in [0, 0.05) is 54.9 Å². The van der Waals surface area contributed by atoms with Crippen molar-refractivity contribution >= 4 is 33.8 Å². The fraction of sp³-hybridized carbons (Fsp3) is 0.273. The van der Waals surface area contributed by atoms with Crippen LogP contribution in [0.2, 0.25) is 0 Å². The molecule has 9 nitrogen and oxygen atoms in total. The van der Waals surface area contributed by atoms with E-state index in [1.54, 1.807) is 18.4 Å². The molecule has 0 radical (unpaired) electrons. The molecule has 32 heavy (non-hydrogen) atoms. The van der Waals surface area contributed by atoms with Crippen LogP contribution < -0.4 is 15.0 Å². The van der Waals surface area contributed by atoms with Crippen LogP contribution in [0.1, 0.15) is 0 Å². The van der Waals surface area contributed by atoms with Gasteiger partial charge in [0.05, 0.1) is 24.3 Å². The van der Waals surface area contributed by atoms with E-state index in [4.69, 9.17) is 9.72 Å². The quantitative estimate of drug-likeness (QED) is 0.432. The van der Waals surface area contributed by atoms with Crippen LogP contribution in [0.3, 0.4) is 0 Å². The van der Waals surface area contributed by atoms with Crippen molar-refractivity contribution < 1.29 is 14.5 Å². The summed E-state index contributed by atoms with van der Waals surface area (Å²) in [7, 11) is 1.65. The first kappa shape index (κ1) is 21.7. The maximum Gasteiger partial charge on any atom is 0.269 e. The number of anilines is 2. The Morgan fingerprint density at radius 1 is 1.19 bits per heavy atom. The predicted molar refractivity (Wildman–Crippen MR) is 124 cm³/mol. The molecule has 0 aliphatic carbocycles. The van der Waals surface area contributed by atoms with Crippen LogP contribution in [0.15, 0.2) is 53.9 Å². The third kappa shape index (κ3) is 5.21. The van der Waals surface area contributed by atoms with Gasteiger partial charge in [0.2, 0.25) is 5.91 Å². The topological polar surface area (TPSA) is 101 Å². The smallest absolute Gasteiger partial charge is 0.269 e. The number of ether oxygens (including phenoxy) is 1. The number of nitrogens with zero attached hydrogens (tertiary/aromatic N) is 4. The molecule has 0 spiro atoms. The van der Waals surface area contributed by atoms with E-state index in [0.717, 1.165) is 48.3 Å². The van der Waals surface area contributed by atoms with Crippen molar-refractivity contribution in [3.63, 3.8) is 0 Å². The fourth-order valence-corrected chi connectivity index (χ4v) is 4.38. The second-order valence-corrected chi connectivity index (χ2v) is 8.20. The molecule has 1 fully saturated rings. The molecule has 2 heterocycles. The lowest BCUT2D eigenvalue weighted by Crippen LogP contribution is -2.48. The van der Waals surface area contributed by atoms with Gasteiger partial charge in [-0.3, -0.25) is 19.8 Å². The van der Waals surface area contributed by atoms with Crippen molar-refractivity contribution in [2.75, 3.05) is 50.1 Å². The van der Waals surface area contributed by atoms with Crippen LogP contribution >= 0.6 is 11.3 Å². The Labute approximate surface area is 189 Å². The summed E-state index contributed by atoms with van der Waals surface area (Å²) in [4.78, 5) is 31.7. The lowest BCUT2D eigenvalue weighted by atomic mass is 10.2. The van der Waals surface area contributed by atoms with E-state index in [1.807, 2.05) is 29.6 Å². The zero-order valence-electron chi connectivity index (χ0n) is 17.6. The fourth-order valence-electron chi connectivity index (χ4n) is 3.49. The van der Waals surface area contributed by atoms with Crippen LogP contribution in [-0.2, 0) is 4.79 Å². The number of hydrogen-bond acceptors (Lipinski definition) is 8. The van der Waals surface area contributed by atoms with Crippen molar-refractivity contribution in [1.29, 1.82) is 0 Å². The Bertz CT molecular complexity index is 1090. The highest BCUT2D eigenvalue weighted by Gasteiger charge is 2.21. The SMILES string of the molecule is COc1cccc(-c2csc(N3CCN(CC(=O)Nc4ccc([N+](=O)[O-])cc4)CC3)n2)c1. The Morgan fingerprint density at radius 2 is 1.94 bits per heavy atom. The summed E-state index contributed by atoms with van der Waals surface area (Å²) >= 11 is 1.61. The number of thiazole rings is 1. The number of aromatic nitrogens is 1. The van der Waals surface area contributed by atoms with Crippen LogP contribution in [0.25, 0.3) is 11.3 Å². The van der Waals surface area contributed by atoms with Crippen LogP contribution in [0.4, 0.5) is 16.5 Å². The summed E-state index contributed by atoms with van der Waals surface area (Å²) in [6, 6.07) is 13.7. The van der Waals surface area contributed by atoms with Gasteiger partial charge in [-0.2, -0.15) is 0 Å². The number of benzene rings is 2. The number of nitro groups is 1. The third-order valence-electron chi connectivity index (χ3n) is 5.23. The van der Waals surface area contributed by atoms with E-state index in [1.165, 1.54) is 24.3 Å². The molecule has 0 unspecified atom stereocenters. The maximum absolute atomic E-state index is 12.3. The van der Waals surface area contributed by atoms with E-state index in [2.05, 4.69) is 15.1 Å². The average Bonchev–Trinajstić information content (AvgIpc) is 3.30. The monoisotopic (exact) mass is 453 g/mol. The lowest BCUT2D eigenvalue weighted by molar-refractivity contribution is -0.384. The van der Waals surface area contributed by atoms with Gasteiger partial charge in [-0.25, -0.2) is 4.98 Å². The number of non-ortho nitro benzene ring substituents is 1. The van der Waals surface area contributed by atoms with Gasteiger partial charge in [-0.05, 0) is 24.3 Å². The van der Waals surface area contributed by atoms with Crippen molar-refractivity contribution in [2.45, 2.75) is 0 Å². The molecule has 3 aromatic rings. The number of piperazine rings is 1. The Hall–Kier alpha value is -3.50. The largest absolute Gasteiger partial charge is 0.497 e. The minimum absolute atomic E-state index is 0.00383. The van der Waals surface area contributed by atoms with E-state index in [0.29, 0.717) is 5.69 Å². The van der Waals surface area contributed by atoms with Gasteiger partial charge in [0.15, 0.2) is 5.13 Å². The molecular weight excluding hydrogens is 430 g/mol. The standard InChI is InChI=1S/C22H23N5O4S/c1-31-19-4-2-3-16(13-19)20-15-32-22(24-20)26-11-9-25(10-12-26)14-21(28)23-17-5-7-18(8-6-17)27(29)30/h2-8,13,15H,9-12,14H2,1H3,(H,23,28). The second kappa shape index (κ2) is 9.75. The van der Waals surface area contributed by atoms with E-state index in [-0.39, 0.29) is 18.1 Å². The van der Waals surface area contributed by atoms with Gasteiger partial charge in [-0.15, -0.1) is 11.3 Å². The highest BCUT2D eigenvalue weighted by atomic mass is 32.1. The summed E-state index contributed by atoms with van der Waals surface area (Å²) in [5.41, 5.74) is 2.49. The molecule has 2 aromatic carbocycles. The highest BCUT2D eigenvalue weighted by molar-refractivity contribution is 7.14. The number of carbonyl (C=O) groups excluding carboxylic acids is 1. The first-order valence-electron chi connectivity index (χ1n) is 10.1. The van der Waals surface area contributed by atoms with Gasteiger partial charge in [0.1, 0.15) is 5.75 Å². The molecular formula is C22H23N5O4S. The van der Waals surface area contributed by atoms with E-state index in [9.17, 15) is 14.9 Å². The average molecular weight is 454 g/mol.